The molecule has 0 saturated carbocycles. The van der Waals surface area contributed by atoms with Crippen LogP contribution in [0.4, 0.5) is 0 Å². The zero-order valence-electron chi connectivity index (χ0n) is 14.4. The molecule has 0 spiro atoms. The van der Waals surface area contributed by atoms with Crippen molar-refractivity contribution in [1.29, 1.82) is 0 Å². The third-order valence-corrected chi connectivity index (χ3v) is 5.65. The van der Waals surface area contributed by atoms with E-state index in [1.165, 1.54) is 11.3 Å². The number of benzene rings is 1. The number of aromatic nitrogens is 2. The van der Waals surface area contributed by atoms with Gasteiger partial charge in [0.2, 0.25) is 0 Å². The molecule has 0 aliphatic carbocycles. The number of nitrogens with one attached hydrogen (secondary N) is 1. The standard InChI is InChI=1S/C18H18BrN3O2S/c1-9-15-10(2)21-11(3)22-18(15)25-16(9)17(23)20-8-12-7-13(19)5-6-14(12)24-4/h5-7H,8H2,1-4H3,(H,20,23). The van der Waals surface area contributed by atoms with E-state index in [0.717, 1.165) is 43.1 Å². The third-order valence-electron chi connectivity index (χ3n) is 3.97. The molecule has 3 rings (SSSR count). The fourth-order valence-electron chi connectivity index (χ4n) is 2.83. The number of rotatable bonds is 4. The molecule has 130 valence electrons. The van der Waals surface area contributed by atoms with Crippen LogP contribution in [0.3, 0.4) is 0 Å². The Bertz CT molecular complexity index is 969. The first-order valence-electron chi connectivity index (χ1n) is 7.75. The van der Waals surface area contributed by atoms with E-state index >= 15 is 0 Å². The van der Waals surface area contributed by atoms with Gasteiger partial charge in [-0.2, -0.15) is 0 Å². The van der Waals surface area contributed by atoms with Gasteiger partial charge in [0.15, 0.2) is 0 Å². The predicted molar refractivity (Wildman–Crippen MR) is 103 cm³/mol. The van der Waals surface area contributed by atoms with Crippen molar-refractivity contribution in [2.45, 2.75) is 27.3 Å². The molecule has 1 amide bonds. The lowest BCUT2D eigenvalue weighted by molar-refractivity contribution is 0.0954. The molecule has 0 unspecified atom stereocenters. The van der Waals surface area contributed by atoms with Crippen LogP contribution in [0.15, 0.2) is 22.7 Å². The molecule has 0 saturated heterocycles. The number of thiophene rings is 1. The number of nitrogens with zero attached hydrogens (tertiary/aromatic N) is 2. The first kappa shape index (κ1) is 17.8. The molecule has 7 heteroatoms. The summed E-state index contributed by atoms with van der Waals surface area (Å²) in [6.07, 6.45) is 0. The summed E-state index contributed by atoms with van der Waals surface area (Å²) in [7, 11) is 1.62. The van der Waals surface area contributed by atoms with Gasteiger partial charge in [0.05, 0.1) is 12.0 Å². The van der Waals surface area contributed by atoms with Crippen molar-refractivity contribution < 1.29 is 9.53 Å². The molecule has 3 aromatic rings. The molecule has 0 radical (unpaired) electrons. The molecule has 0 aliphatic rings. The van der Waals surface area contributed by atoms with E-state index in [0.29, 0.717) is 11.4 Å². The van der Waals surface area contributed by atoms with Crippen LogP contribution in [0.25, 0.3) is 10.2 Å². The Morgan fingerprint density at radius 2 is 2.04 bits per heavy atom. The Labute approximate surface area is 158 Å². The Hall–Kier alpha value is -1.99. The molecule has 1 N–H and O–H groups in total. The summed E-state index contributed by atoms with van der Waals surface area (Å²) < 4.78 is 6.29. The largest absolute Gasteiger partial charge is 0.496 e. The Morgan fingerprint density at radius 1 is 1.28 bits per heavy atom. The predicted octanol–water partition coefficient (Wildman–Crippen LogP) is 4.32. The van der Waals surface area contributed by atoms with E-state index in [1.807, 2.05) is 39.0 Å². The molecule has 0 fully saturated rings. The molecule has 1 aromatic carbocycles. The van der Waals surface area contributed by atoms with Gasteiger partial charge in [0, 0.05) is 27.7 Å². The molecule has 25 heavy (non-hydrogen) atoms. The van der Waals surface area contributed by atoms with Crippen LogP contribution in [0.1, 0.15) is 32.3 Å². The summed E-state index contributed by atoms with van der Waals surface area (Å²) >= 11 is 4.85. The summed E-state index contributed by atoms with van der Waals surface area (Å²) in [5.74, 6) is 1.35. The molecular weight excluding hydrogens is 402 g/mol. The van der Waals surface area contributed by atoms with Crippen LogP contribution < -0.4 is 10.1 Å². The van der Waals surface area contributed by atoms with E-state index in [-0.39, 0.29) is 5.91 Å². The highest BCUT2D eigenvalue weighted by atomic mass is 79.9. The van der Waals surface area contributed by atoms with Crippen LogP contribution in [0.5, 0.6) is 5.75 Å². The monoisotopic (exact) mass is 419 g/mol. The second-order valence-electron chi connectivity index (χ2n) is 5.73. The lowest BCUT2D eigenvalue weighted by Gasteiger charge is -2.10. The van der Waals surface area contributed by atoms with Crippen molar-refractivity contribution in [3.05, 3.63) is 50.2 Å². The number of hydrogen-bond acceptors (Lipinski definition) is 5. The number of fused-ring (bicyclic) bond motifs is 1. The Balaban J connectivity index is 1.87. The summed E-state index contributed by atoms with van der Waals surface area (Å²) in [6.45, 7) is 6.14. The number of amides is 1. The SMILES string of the molecule is COc1ccc(Br)cc1CNC(=O)c1sc2nc(C)nc(C)c2c1C. The number of halogens is 1. The summed E-state index contributed by atoms with van der Waals surface area (Å²) in [5.41, 5.74) is 2.75. The van der Waals surface area contributed by atoms with Crippen LogP contribution in [-0.2, 0) is 6.54 Å². The molecule has 0 atom stereocenters. The van der Waals surface area contributed by atoms with Gasteiger partial charge in [-0.3, -0.25) is 4.79 Å². The minimum Gasteiger partial charge on any atom is -0.496 e. The number of ether oxygens (including phenoxy) is 1. The van der Waals surface area contributed by atoms with Gasteiger partial charge >= 0.3 is 0 Å². The summed E-state index contributed by atoms with van der Waals surface area (Å²) in [5, 5.41) is 3.95. The van der Waals surface area contributed by atoms with E-state index in [2.05, 4.69) is 31.2 Å². The smallest absolute Gasteiger partial charge is 0.261 e. The normalized spacial score (nSPS) is 10.9. The zero-order valence-corrected chi connectivity index (χ0v) is 16.8. The minimum atomic E-state index is -0.111. The lowest BCUT2D eigenvalue weighted by Crippen LogP contribution is -2.22. The molecule has 2 aromatic heterocycles. The topological polar surface area (TPSA) is 64.1 Å². The maximum Gasteiger partial charge on any atom is 0.261 e. The average Bonchev–Trinajstić information content (AvgIpc) is 2.89. The molecule has 5 nitrogen and oxygen atoms in total. The van der Waals surface area contributed by atoms with Gasteiger partial charge < -0.3 is 10.1 Å². The number of carbonyl (C=O) groups excluding carboxylic acids is 1. The average molecular weight is 420 g/mol. The Morgan fingerprint density at radius 3 is 2.76 bits per heavy atom. The number of methoxy groups -OCH3 is 1. The van der Waals surface area contributed by atoms with Gasteiger partial charge in [0.25, 0.3) is 5.91 Å². The van der Waals surface area contributed by atoms with Crippen LogP contribution in [0.2, 0.25) is 0 Å². The summed E-state index contributed by atoms with van der Waals surface area (Å²) in [4.78, 5) is 23.1. The first-order valence-corrected chi connectivity index (χ1v) is 9.36. The van der Waals surface area contributed by atoms with E-state index < -0.39 is 0 Å². The van der Waals surface area contributed by atoms with Crippen LogP contribution in [-0.4, -0.2) is 23.0 Å². The highest BCUT2D eigenvalue weighted by Crippen LogP contribution is 2.31. The maximum atomic E-state index is 12.7. The second-order valence-corrected chi connectivity index (χ2v) is 7.65. The van der Waals surface area contributed by atoms with Gasteiger partial charge in [0.1, 0.15) is 16.4 Å². The fourth-order valence-corrected chi connectivity index (χ4v) is 4.43. The highest BCUT2D eigenvalue weighted by molar-refractivity contribution is 9.10. The molecular formula is C18H18BrN3O2S. The molecule has 2 heterocycles. The fraction of sp³-hybridized carbons (Fsp3) is 0.278. The van der Waals surface area contributed by atoms with Crippen LogP contribution in [0, 0.1) is 20.8 Å². The van der Waals surface area contributed by atoms with Gasteiger partial charge in [-0.25, -0.2) is 9.97 Å². The third kappa shape index (κ3) is 3.52. The van der Waals surface area contributed by atoms with Crippen molar-refractivity contribution in [2.24, 2.45) is 0 Å². The lowest BCUT2D eigenvalue weighted by atomic mass is 10.1. The van der Waals surface area contributed by atoms with Crippen LogP contribution >= 0.6 is 27.3 Å². The molecule has 0 bridgehead atoms. The van der Waals surface area contributed by atoms with Crippen molar-refractivity contribution in [3.63, 3.8) is 0 Å². The van der Waals surface area contributed by atoms with E-state index in [4.69, 9.17) is 4.74 Å². The summed E-state index contributed by atoms with van der Waals surface area (Å²) in [6, 6.07) is 5.72. The van der Waals surface area contributed by atoms with Gasteiger partial charge in [-0.05, 0) is 44.5 Å². The number of carbonyl (C=O) groups is 1. The van der Waals surface area contributed by atoms with Gasteiger partial charge in [-0.1, -0.05) is 15.9 Å². The van der Waals surface area contributed by atoms with Crippen molar-refractivity contribution in [2.75, 3.05) is 7.11 Å². The second kappa shape index (κ2) is 7.09. The van der Waals surface area contributed by atoms with Crippen molar-refractivity contribution in [1.82, 2.24) is 15.3 Å². The van der Waals surface area contributed by atoms with E-state index in [1.54, 1.807) is 7.11 Å². The maximum absolute atomic E-state index is 12.7. The first-order chi connectivity index (χ1) is 11.9. The molecule has 0 aliphatic heterocycles. The van der Waals surface area contributed by atoms with E-state index in [9.17, 15) is 4.79 Å². The Kier molecular flexibility index (Phi) is 5.06. The quantitative estimate of drug-likeness (QED) is 0.683. The highest BCUT2D eigenvalue weighted by Gasteiger charge is 2.19. The zero-order chi connectivity index (χ0) is 18.1. The van der Waals surface area contributed by atoms with Crippen molar-refractivity contribution >= 4 is 43.4 Å². The minimum absolute atomic E-state index is 0.111. The van der Waals surface area contributed by atoms with Gasteiger partial charge in [-0.15, -0.1) is 11.3 Å². The number of hydrogen-bond donors (Lipinski definition) is 1. The number of aryl methyl sites for hydroxylation is 3. The van der Waals surface area contributed by atoms with Crippen molar-refractivity contribution in [3.8, 4) is 5.75 Å².